The second-order valence-electron chi connectivity index (χ2n) is 5.15. The SMILES string of the molecule is CC(N[C@@H](CO)c1ccccc1)c1ccc2c(c1)OCO2. The van der Waals surface area contributed by atoms with Gasteiger partial charge in [0.2, 0.25) is 6.79 Å². The van der Waals surface area contributed by atoms with Crippen LogP contribution in [-0.2, 0) is 0 Å². The van der Waals surface area contributed by atoms with Crippen molar-refractivity contribution in [2.75, 3.05) is 13.4 Å². The van der Waals surface area contributed by atoms with Crippen LogP contribution in [0.15, 0.2) is 48.5 Å². The number of aliphatic hydroxyl groups excluding tert-OH is 1. The molecule has 1 unspecified atom stereocenters. The van der Waals surface area contributed by atoms with Gasteiger partial charge in [0.05, 0.1) is 12.6 Å². The fourth-order valence-corrected chi connectivity index (χ4v) is 2.52. The second-order valence-corrected chi connectivity index (χ2v) is 5.15. The van der Waals surface area contributed by atoms with E-state index in [1.807, 2.05) is 48.5 Å². The molecule has 3 rings (SSSR count). The van der Waals surface area contributed by atoms with Gasteiger partial charge in [-0.2, -0.15) is 0 Å². The summed E-state index contributed by atoms with van der Waals surface area (Å²) >= 11 is 0. The molecule has 4 heteroatoms. The standard InChI is InChI=1S/C17H19NO3/c1-12(14-7-8-16-17(9-14)21-11-20-16)18-15(10-19)13-5-3-2-4-6-13/h2-9,12,15,18-19H,10-11H2,1H3/t12?,15-/m0/s1. The van der Waals surface area contributed by atoms with Crippen LogP contribution in [0.4, 0.5) is 0 Å². The molecule has 2 atom stereocenters. The Balaban J connectivity index is 1.74. The van der Waals surface area contributed by atoms with Crippen LogP contribution < -0.4 is 14.8 Å². The Morgan fingerprint density at radius 1 is 1.05 bits per heavy atom. The third-order valence-electron chi connectivity index (χ3n) is 3.73. The van der Waals surface area contributed by atoms with E-state index in [2.05, 4.69) is 12.2 Å². The van der Waals surface area contributed by atoms with Gasteiger partial charge in [-0.25, -0.2) is 0 Å². The van der Waals surface area contributed by atoms with E-state index in [0.717, 1.165) is 22.6 Å². The first-order valence-electron chi connectivity index (χ1n) is 7.09. The van der Waals surface area contributed by atoms with Crippen LogP contribution >= 0.6 is 0 Å². The Hall–Kier alpha value is -2.04. The van der Waals surface area contributed by atoms with Crippen molar-refractivity contribution >= 4 is 0 Å². The zero-order chi connectivity index (χ0) is 14.7. The Kier molecular flexibility index (Phi) is 4.08. The number of nitrogens with one attached hydrogen (secondary N) is 1. The normalized spacial score (nSPS) is 15.7. The van der Waals surface area contributed by atoms with Gasteiger partial charge in [0.15, 0.2) is 11.5 Å². The highest BCUT2D eigenvalue weighted by Crippen LogP contribution is 2.34. The van der Waals surface area contributed by atoms with Gasteiger partial charge in [-0.05, 0) is 30.2 Å². The summed E-state index contributed by atoms with van der Waals surface area (Å²) in [5, 5.41) is 13.1. The molecule has 0 radical (unpaired) electrons. The quantitative estimate of drug-likeness (QED) is 0.887. The Morgan fingerprint density at radius 3 is 2.57 bits per heavy atom. The van der Waals surface area contributed by atoms with Gasteiger partial charge in [0, 0.05) is 6.04 Å². The van der Waals surface area contributed by atoms with E-state index in [1.54, 1.807) is 0 Å². The van der Waals surface area contributed by atoms with Crippen LogP contribution in [0, 0.1) is 0 Å². The van der Waals surface area contributed by atoms with Crippen molar-refractivity contribution in [3.63, 3.8) is 0 Å². The molecule has 1 heterocycles. The molecule has 0 aromatic heterocycles. The minimum atomic E-state index is -0.0911. The van der Waals surface area contributed by atoms with Gasteiger partial charge in [0.1, 0.15) is 0 Å². The molecule has 0 saturated carbocycles. The number of hydrogen-bond acceptors (Lipinski definition) is 4. The average molecular weight is 285 g/mol. The van der Waals surface area contributed by atoms with Gasteiger partial charge in [-0.3, -0.25) is 0 Å². The first-order valence-corrected chi connectivity index (χ1v) is 7.09. The number of aliphatic hydroxyl groups is 1. The largest absolute Gasteiger partial charge is 0.454 e. The zero-order valence-corrected chi connectivity index (χ0v) is 12.0. The monoisotopic (exact) mass is 285 g/mol. The highest BCUT2D eigenvalue weighted by atomic mass is 16.7. The average Bonchev–Trinajstić information content (AvgIpc) is 3.00. The maximum atomic E-state index is 9.62. The van der Waals surface area contributed by atoms with Gasteiger partial charge in [0.25, 0.3) is 0 Å². The molecular formula is C17H19NO3. The van der Waals surface area contributed by atoms with Crippen molar-refractivity contribution in [3.8, 4) is 11.5 Å². The minimum Gasteiger partial charge on any atom is -0.454 e. The number of hydrogen-bond donors (Lipinski definition) is 2. The maximum absolute atomic E-state index is 9.62. The summed E-state index contributed by atoms with van der Waals surface area (Å²) in [6.45, 7) is 2.41. The second kappa shape index (κ2) is 6.16. The van der Waals surface area contributed by atoms with Gasteiger partial charge >= 0.3 is 0 Å². The van der Waals surface area contributed by atoms with E-state index in [-0.39, 0.29) is 25.5 Å². The van der Waals surface area contributed by atoms with Crippen molar-refractivity contribution in [1.82, 2.24) is 5.32 Å². The Morgan fingerprint density at radius 2 is 1.81 bits per heavy atom. The number of benzene rings is 2. The maximum Gasteiger partial charge on any atom is 0.231 e. The van der Waals surface area contributed by atoms with Crippen molar-refractivity contribution in [2.45, 2.75) is 19.0 Å². The lowest BCUT2D eigenvalue weighted by Gasteiger charge is -2.22. The molecule has 110 valence electrons. The molecule has 2 N–H and O–H groups in total. The number of rotatable bonds is 5. The lowest BCUT2D eigenvalue weighted by atomic mass is 10.0. The highest BCUT2D eigenvalue weighted by molar-refractivity contribution is 5.45. The molecule has 0 bridgehead atoms. The van der Waals surface area contributed by atoms with E-state index in [9.17, 15) is 5.11 Å². The van der Waals surface area contributed by atoms with Gasteiger partial charge < -0.3 is 19.9 Å². The predicted molar refractivity (Wildman–Crippen MR) is 80.4 cm³/mol. The van der Waals surface area contributed by atoms with E-state index >= 15 is 0 Å². The fraction of sp³-hybridized carbons (Fsp3) is 0.294. The molecule has 2 aromatic rings. The summed E-state index contributed by atoms with van der Waals surface area (Å²) in [6.07, 6.45) is 0. The van der Waals surface area contributed by atoms with E-state index < -0.39 is 0 Å². The van der Waals surface area contributed by atoms with Crippen LogP contribution in [0.1, 0.15) is 30.1 Å². The number of ether oxygens (including phenoxy) is 2. The van der Waals surface area contributed by atoms with Crippen LogP contribution in [0.3, 0.4) is 0 Å². The zero-order valence-electron chi connectivity index (χ0n) is 12.0. The molecule has 0 saturated heterocycles. The molecular weight excluding hydrogens is 266 g/mol. The van der Waals surface area contributed by atoms with Crippen LogP contribution in [-0.4, -0.2) is 18.5 Å². The summed E-state index contributed by atoms with van der Waals surface area (Å²) < 4.78 is 10.7. The first-order chi connectivity index (χ1) is 10.3. The van der Waals surface area contributed by atoms with Crippen molar-refractivity contribution in [1.29, 1.82) is 0 Å². The van der Waals surface area contributed by atoms with E-state index in [1.165, 1.54) is 0 Å². The molecule has 0 fully saturated rings. The molecule has 2 aromatic carbocycles. The van der Waals surface area contributed by atoms with Crippen LogP contribution in [0.25, 0.3) is 0 Å². The van der Waals surface area contributed by atoms with E-state index in [0.29, 0.717) is 0 Å². The number of fused-ring (bicyclic) bond motifs is 1. The molecule has 0 amide bonds. The summed E-state index contributed by atoms with van der Waals surface area (Å²) in [6, 6.07) is 15.9. The summed E-state index contributed by atoms with van der Waals surface area (Å²) in [5.74, 6) is 1.56. The molecule has 1 aliphatic rings. The van der Waals surface area contributed by atoms with Gasteiger partial charge in [-0.15, -0.1) is 0 Å². The summed E-state index contributed by atoms with van der Waals surface area (Å²) in [4.78, 5) is 0. The lowest BCUT2D eigenvalue weighted by molar-refractivity contribution is 0.174. The minimum absolute atomic E-state index is 0.0545. The fourth-order valence-electron chi connectivity index (χ4n) is 2.52. The first kappa shape index (κ1) is 13.9. The molecule has 21 heavy (non-hydrogen) atoms. The Bertz CT molecular complexity index is 600. The van der Waals surface area contributed by atoms with Crippen molar-refractivity contribution in [2.24, 2.45) is 0 Å². The smallest absolute Gasteiger partial charge is 0.231 e. The summed E-state index contributed by atoms with van der Waals surface area (Å²) in [7, 11) is 0. The van der Waals surface area contributed by atoms with Gasteiger partial charge in [-0.1, -0.05) is 36.4 Å². The highest BCUT2D eigenvalue weighted by Gasteiger charge is 2.18. The third-order valence-corrected chi connectivity index (χ3v) is 3.73. The topological polar surface area (TPSA) is 50.7 Å². The third kappa shape index (κ3) is 3.01. The van der Waals surface area contributed by atoms with Crippen LogP contribution in [0.2, 0.25) is 0 Å². The van der Waals surface area contributed by atoms with Crippen LogP contribution in [0.5, 0.6) is 11.5 Å². The molecule has 0 aliphatic carbocycles. The molecule has 4 nitrogen and oxygen atoms in total. The predicted octanol–water partition coefficient (Wildman–Crippen LogP) is 2.80. The lowest BCUT2D eigenvalue weighted by Crippen LogP contribution is -2.27. The molecule has 0 spiro atoms. The van der Waals surface area contributed by atoms with Crippen molar-refractivity contribution < 1.29 is 14.6 Å². The van der Waals surface area contributed by atoms with E-state index in [4.69, 9.17) is 9.47 Å². The summed E-state index contributed by atoms with van der Waals surface area (Å²) in [5.41, 5.74) is 2.18. The molecule has 1 aliphatic heterocycles. The Labute approximate surface area is 124 Å². The van der Waals surface area contributed by atoms with Crippen molar-refractivity contribution in [3.05, 3.63) is 59.7 Å².